The van der Waals surface area contributed by atoms with E-state index in [9.17, 15) is 23.1 Å². The summed E-state index contributed by atoms with van der Waals surface area (Å²) in [6.07, 6.45) is 1.45. The summed E-state index contributed by atoms with van der Waals surface area (Å²) < 4.78 is 29.1. The van der Waals surface area contributed by atoms with Gasteiger partial charge in [-0.3, -0.25) is 14.5 Å². The lowest BCUT2D eigenvalue weighted by Gasteiger charge is -2.25. The summed E-state index contributed by atoms with van der Waals surface area (Å²) in [5.41, 5.74) is 1.11. The molecule has 2 heterocycles. The van der Waals surface area contributed by atoms with Gasteiger partial charge < -0.3 is 14.8 Å². The highest BCUT2D eigenvalue weighted by atomic mass is 35.5. The normalized spacial score (nSPS) is 17.2. The molecule has 1 unspecified atom stereocenters. The van der Waals surface area contributed by atoms with Gasteiger partial charge in [0, 0.05) is 21.4 Å². The number of benzene rings is 3. The first-order valence-electron chi connectivity index (χ1n) is 10.9. The fraction of sp³-hybridized carbons (Fsp3) is 0.0385. The highest BCUT2D eigenvalue weighted by Crippen LogP contribution is 2.42. The van der Waals surface area contributed by atoms with Gasteiger partial charge in [0.1, 0.15) is 5.76 Å². The number of nitrogens with zero attached hydrogens (tertiary/aromatic N) is 3. The van der Waals surface area contributed by atoms with Crippen molar-refractivity contribution in [3.63, 3.8) is 0 Å². The van der Waals surface area contributed by atoms with E-state index in [0.717, 1.165) is 11.3 Å². The maximum Gasteiger partial charge on any atom is 0.300 e. The van der Waals surface area contributed by atoms with Crippen molar-refractivity contribution < 1.29 is 23.1 Å². The number of amides is 1. The van der Waals surface area contributed by atoms with Crippen LogP contribution in [0, 0.1) is 0 Å². The quantitative estimate of drug-likeness (QED) is 0.184. The van der Waals surface area contributed by atoms with Crippen LogP contribution in [0.25, 0.3) is 10.5 Å². The van der Waals surface area contributed by atoms with Crippen molar-refractivity contribution in [1.82, 2.24) is 4.98 Å². The number of Topliss-reactive ketones (excluding diaryl/α,β-unsaturated/α-hetero) is 1. The number of thiazole rings is 1. The fourth-order valence-electron chi connectivity index (χ4n) is 4.01. The Balaban J connectivity index is 1.58. The van der Waals surface area contributed by atoms with E-state index in [1.807, 2.05) is 0 Å². The van der Waals surface area contributed by atoms with Crippen molar-refractivity contribution in [2.75, 3.05) is 4.90 Å². The molecular weight excluding hydrogens is 534 g/mol. The monoisotopic (exact) mass is 550 g/mol. The molecule has 4 aromatic rings. The van der Waals surface area contributed by atoms with Crippen LogP contribution >= 0.6 is 22.9 Å². The van der Waals surface area contributed by atoms with Crippen molar-refractivity contribution in [2.45, 2.75) is 10.9 Å². The minimum atomic E-state index is -4.03. The molecule has 1 aromatic heterocycles. The lowest BCUT2D eigenvalue weighted by Crippen LogP contribution is -2.29. The van der Waals surface area contributed by atoms with Gasteiger partial charge in [0.2, 0.25) is 10.0 Å². The van der Waals surface area contributed by atoms with Crippen LogP contribution in [0.1, 0.15) is 17.2 Å². The number of hydrogen-bond acceptors (Lipinski definition) is 7. The average Bonchev–Trinajstić information content (AvgIpc) is 3.50. The Kier molecular flexibility index (Phi) is 6.55. The molecule has 1 aliphatic heterocycles. The second-order valence-electron chi connectivity index (χ2n) is 7.96. The number of sulfonamides is 1. The zero-order valence-electron chi connectivity index (χ0n) is 18.9. The van der Waals surface area contributed by atoms with Crippen LogP contribution in [0.15, 0.2) is 101 Å². The van der Waals surface area contributed by atoms with Crippen LogP contribution in [0.4, 0.5) is 10.8 Å². The zero-order chi connectivity index (χ0) is 26.2. The first kappa shape index (κ1) is 24.7. The van der Waals surface area contributed by atoms with Crippen LogP contribution in [-0.4, -0.2) is 30.2 Å². The summed E-state index contributed by atoms with van der Waals surface area (Å²) in [6, 6.07) is 19.6. The van der Waals surface area contributed by atoms with E-state index in [4.69, 9.17) is 11.6 Å². The average molecular weight is 551 g/mol. The number of carbonyl (C=O) groups is 2. The van der Waals surface area contributed by atoms with E-state index < -0.39 is 27.8 Å². The molecule has 0 aliphatic carbocycles. The van der Waals surface area contributed by atoms with E-state index >= 15 is 0 Å². The van der Waals surface area contributed by atoms with Crippen molar-refractivity contribution in [1.29, 1.82) is 0 Å². The first-order valence-corrected chi connectivity index (χ1v) is 13.6. The highest BCUT2D eigenvalue weighted by Gasteiger charge is 2.46. The number of aromatic nitrogens is 1. The maximum absolute atomic E-state index is 13.2. The van der Waals surface area contributed by atoms with Crippen molar-refractivity contribution in [2.24, 2.45) is 0 Å². The molecule has 1 saturated heterocycles. The van der Waals surface area contributed by atoms with Gasteiger partial charge in [0.15, 0.2) is 0 Å². The standard InChI is InChI=1S/C26H18ClN3O5S2/c27-18-8-6-17(7-9-18)23(31)21-22(16-4-2-1-3-5-16)30(25(33)24(21)32)19-10-12-20(13-11-19)37(34,35)29-26-28-14-15-36-26/h1-15,22H,(H2,28,29,31,32)/p-1. The van der Waals surface area contributed by atoms with Gasteiger partial charge in [-0.15, -0.1) is 0 Å². The van der Waals surface area contributed by atoms with Gasteiger partial charge in [-0.2, -0.15) is 11.3 Å². The van der Waals surface area contributed by atoms with E-state index in [-0.39, 0.29) is 27.0 Å². The zero-order valence-corrected chi connectivity index (χ0v) is 21.2. The van der Waals surface area contributed by atoms with Gasteiger partial charge >= 0.3 is 0 Å². The van der Waals surface area contributed by atoms with Crippen molar-refractivity contribution in [3.8, 4) is 0 Å². The number of hydrogen-bond donors (Lipinski definition) is 1. The number of ketones is 1. The minimum absolute atomic E-state index is 0.0889. The molecule has 1 atom stereocenters. The molecule has 0 radical (unpaired) electrons. The summed E-state index contributed by atoms with van der Waals surface area (Å²) in [5, 5.41) is 13.3. The van der Waals surface area contributed by atoms with Crippen LogP contribution in [0.5, 0.6) is 0 Å². The lowest BCUT2D eigenvalue weighted by molar-refractivity contribution is -0.132. The molecule has 0 bridgehead atoms. The number of halogens is 1. The van der Waals surface area contributed by atoms with Gasteiger partial charge in [-0.1, -0.05) is 48.1 Å². The van der Waals surface area contributed by atoms with Crippen LogP contribution < -0.4 is 4.90 Å². The Bertz CT molecular complexity index is 1600. The molecular formula is C26H17ClN3O5S2-. The van der Waals surface area contributed by atoms with Gasteiger partial charge in [-0.25, -0.2) is 8.42 Å². The SMILES string of the molecule is O=C1C(=O)N(c2ccc(S(=O)(=O)[N-]c3nccs3)cc2)C(c2ccccc2)C1=C(O)c1ccc(Cl)cc1. The number of anilines is 1. The lowest BCUT2D eigenvalue weighted by atomic mass is 9.95. The third-order valence-corrected chi connectivity index (χ3v) is 8.02. The summed E-state index contributed by atoms with van der Waals surface area (Å²) >= 11 is 7.05. The van der Waals surface area contributed by atoms with Gasteiger partial charge in [0.25, 0.3) is 11.7 Å². The molecule has 0 saturated carbocycles. The largest absolute Gasteiger partial charge is 0.507 e. The number of carbonyl (C=O) groups excluding carboxylic acids is 2. The number of aliphatic hydroxyl groups excluding tert-OH is 1. The molecule has 3 aromatic carbocycles. The molecule has 1 amide bonds. The third-order valence-electron chi connectivity index (χ3n) is 5.71. The highest BCUT2D eigenvalue weighted by molar-refractivity contribution is 7.94. The molecule has 1 fully saturated rings. The Morgan fingerprint density at radius 2 is 1.65 bits per heavy atom. The van der Waals surface area contributed by atoms with E-state index in [2.05, 4.69) is 9.71 Å². The molecule has 8 nitrogen and oxygen atoms in total. The van der Waals surface area contributed by atoms with E-state index in [1.54, 1.807) is 60.0 Å². The van der Waals surface area contributed by atoms with Gasteiger partial charge in [0.05, 0.1) is 16.5 Å². The molecule has 11 heteroatoms. The van der Waals surface area contributed by atoms with E-state index in [0.29, 0.717) is 16.1 Å². The predicted octanol–water partition coefficient (Wildman–Crippen LogP) is 5.82. The van der Waals surface area contributed by atoms with Crippen LogP contribution in [-0.2, 0) is 19.6 Å². The molecule has 186 valence electrons. The van der Waals surface area contributed by atoms with Crippen molar-refractivity contribution >= 4 is 61.2 Å². The molecule has 1 N–H and O–H groups in total. The Morgan fingerprint density at radius 3 is 2.27 bits per heavy atom. The summed E-state index contributed by atoms with van der Waals surface area (Å²) in [5.74, 6) is -2.06. The fourth-order valence-corrected chi connectivity index (χ4v) is 5.80. The van der Waals surface area contributed by atoms with E-state index in [1.165, 1.54) is 35.4 Å². The summed E-state index contributed by atoms with van der Waals surface area (Å²) in [4.78, 5) is 31.5. The molecule has 0 spiro atoms. The first-order chi connectivity index (χ1) is 17.8. The second kappa shape index (κ2) is 9.81. The Morgan fingerprint density at radius 1 is 0.973 bits per heavy atom. The Labute approximate surface area is 221 Å². The van der Waals surface area contributed by atoms with Crippen molar-refractivity contribution in [3.05, 3.63) is 117 Å². The maximum atomic E-state index is 13.2. The predicted molar refractivity (Wildman–Crippen MR) is 141 cm³/mol. The van der Waals surface area contributed by atoms with Crippen LogP contribution in [0.2, 0.25) is 5.02 Å². The van der Waals surface area contributed by atoms with Crippen LogP contribution in [0.3, 0.4) is 0 Å². The Hall–Kier alpha value is -3.99. The minimum Gasteiger partial charge on any atom is -0.507 e. The number of rotatable bonds is 6. The smallest absolute Gasteiger partial charge is 0.300 e. The third kappa shape index (κ3) is 4.74. The molecule has 1 aliphatic rings. The topological polar surface area (TPSA) is 119 Å². The molecule has 5 rings (SSSR count). The number of aliphatic hydroxyl groups is 1. The van der Waals surface area contributed by atoms with Gasteiger partial charge in [-0.05, 0) is 59.5 Å². The molecule has 37 heavy (non-hydrogen) atoms. The second-order valence-corrected chi connectivity index (χ2v) is 10.9. The summed E-state index contributed by atoms with van der Waals surface area (Å²) in [6.45, 7) is 0. The summed E-state index contributed by atoms with van der Waals surface area (Å²) in [7, 11) is -4.03.